The molecule has 0 aromatic heterocycles. The van der Waals surface area contributed by atoms with E-state index in [1.807, 2.05) is 0 Å². The summed E-state index contributed by atoms with van der Waals surface area (Å²) in [5, 5.41) is 0. The van der Waals surface area contributed by atoms with Gasteiger partial charge >= 0.3 is 0 Å². The molecule has 0 nitrogen and oxygen atoms in total. The van der Waals surface area contributed by atoms with Crippen LogP contribution in [0.4, 0.5) is 4.39 Å². The maximum Gasteiger partial charge on any atom is 0.0897 e. The van der Waals surface area contributed by atoms with E-state index in [4.69, 9.17) is 0 Å². The summed E-state index contributed by atoms with van der Waals surface area (Å²) in [6.07, 6.45) is 18.9. The summed E-state index contributed by atoms with van der Waals surface area (Å²) in [4.78, 5) is 0. The fourth-order valence-corrected chi connectivity index (χ4v) is 6.64. The van der Waals surface area contributed by atoms with E-state index in [2.05, 4.69) is 55.5 Å². The average Bonchev–Trinajstić information content (AvgIpc) is 2.89. The molecule has 2 saturated carbocycles. The molecule has 4 rings (SSSR count). The molecular weight excluding hydrogens is 403 g/mol. The molecule has 0 atom stereocenters. The van der Waals surface area contributed by atoms with Crippen molar-refractivity contribution in [3.8, 4) is 11.1 Å². The molecule has 0 N–H and O–H groups in total. The Balaban J connectivity index is 1.23. The Morgan fingerprint density at radius 3 is 1.82 bits per heavy atom. The van der Waals surface area contributed by atoms with Crippen LogP contribution in [0.5, 0.6) is 0 Å². The van der Waals surface area contributed by atoms with Crippen LogP contribution < -0.4 is 0 Å². The largest absolute Gasteiger partial charge is 0.251 e. The van der Waals surface area contributed by atoms with Crippen LogP contribution >= 0.6 is 0 Å². The summed E-state index contributed by atoms with van der Waals surface area (Å²) in [6, 6.07) is 18.0. The standard InChI is InChI=1S/C32H45F/c1-2-3-4-6-25-8-12-27(13-9-25)29-16-20-31(21-17-29)32-22-18-30(19-23-32)28-14-10-26(11-15-28)7-5-24-33/h10-11,14-15,18-19,22-23,25,27,29,31H,2-9,12-13,16-17,20-21,24H2,1H3/t25-,27-,29?,31?. The van der Waals surface area contributed by atoms with Crippen molar-refractivity contribution in [1.29, 1.82) is 0 Å². The van der Waals surface area contributed by atoms with Crippen molar-refractivity contribution in [2.75, 3.05) is 6.67 Å². The van der Waals surface area contributed by atoms with E-state index < -0.39 is 0 Å². The van der Waals surface area contributed by atoms with Gasteiger partial charge in [0.2, 0.25) is 0 Å². The minimum absolute atomic E-state index is 0.231. The number of benzene rings is 2. The van der Waals surface area contributed by atoms with Crippen LogP contribution in [0.2, 0.25) is 0 Å². The summed E-state index contributed by atoms with van der Waals surface area (Å²) in [6.45, 7) is 2.09. The van der Waals surface area contributed by atoms with Crippen LogP contribution in [0.25, 0.3) is 11.1 Å². The summed E-state index contributed by atoms with van der Waals surface area (Å²) in [5.41, 5.74) is 5.32. The van der Waals surface area contributed by atoms with Gasteiger partial charge in [-0.3, -0.25) is 4.39 Å². The smallest absolute Gasteiger partial charge is 0.0897 e. The molecule has 0 saturated heterocycles. The summed E-state index contributed by atoms with van der Waals surface area (Å²) < 4.78 is 12.4. The number of halogens is 1. The molecule has 180 valence electrons. The minimum Gasteiger partial charge on any atom is -0.251 e. The van der Waals surface area contributed by atoms with Crippen LogP contribution in [-0.4, -0.2) is 6.67 Å². The maximum absolute atomic E-state index is 12.4. The predicted molar refractivity (Wildman–Crippen MR) is 140 cm³/mol. The molecule has 0 heterocycles. The van der Waals surface area contributed by atoms with Gasteiger partial charge in [0.15, 0.2) is 0 Å². The van der Waals surface area contributed by atoms with E-state index in [0.717, 1.165) is 30.1 Å². The van der Waals surface area contributed by atoms with Crippen molar-refractivity contribution >= 4 is 0 Å². The van der Waals surface area contributed by atoms with Gasteiger partial charge in [-0.1, -0.05) is 94.0 Å². The first-order chi connectivity index (χ1) is 16.3. The topological polar surface area (TPSA) is 0 Å². The Morgan fingerprint density at radius 2 is 1.24 bits per heavy atom. The Morgan fingerprint density at radius 1 is 0.667 bits per heavy atom. The zero-order chi connectivity index (χ0) is 22.9. The number of aryl methyl sites for hydroxylation is 1. The summed E-state index contributed by atoms with van der Waals surface area (Å²) in [5.74, 6) is 3.80. The van der Waals surface area contributed by atoms with Gasteiger partial charge in [-0.15, -0.1) is 0 Å². The molecule has 33 heavy (non-hydrogen) atoms. The van der Waals surface area contributed by atoms with Gasteiger partial charge in [0.05, 0.1) is 6.67 Å². The lowest BCUT2D eigenvalue weighted by Gasteiger charge is -2.38. The average molecular weight is 449 g/mol. The second-order valence-electron chi connectivity index (χ2n) is 11.0. The van der Waals surface area contributed by atoms with Crippen LogP contribution in [0, 0.1) is 17.8 Å². The Kier molecular flexibility index (Phi) is 9.45. The fraction of sp³-hybridized carbons (Fsp3) is 0.625. The van der Waals surface area contributed by atoms with Gasteiger partial charge in [0.25, 0.3) is 0 Å². The van der Waals surface area contributed by atoms with Crippen LogP contribution in [0.3, 0.4) is 0 Å². The zero-order valence-electron chi connectivity index (χ0n) is 20.9. The van der Waals surface area contributed by atoms with E-state index >= 15 is 0 Å². The summed E-state index contributed by atoms with van der Waals surface area (Å²) >= 11 is 0. The van der Waals surface area contributed by atoms with Gasteiger partial charge in [-0.2, -0.15) is 0 Å². The quantitative estimate of drug-likeness (QED) is 0.317. The molecular formula is C32H45F. The van der Waals surface area contributed by atoms with Crippen molar-refractivity contribution in [2.45, 2.75) is 103 Å². The zero-order valence-corrected chi connectivity index (χ0v) is 20.9. The first kappa shape index (κ1) is 24.5. The lowest BCUT2D eigenvalue weighted by Crippen LogP contribution is -2.25. The second-order valence-corrected chi connectivity index (χ2v) is 11.0. The van der Waals surface area contributed by atoms with Crippen molar-refractivity contribution in [3.05, 3.63) is 59.7 Å². The molecule has 0 aliphatic heterocycles. The Hall–Kier alpha value is -1.63. The third kappa shape index (κ3) is 6.93. The van der Waals surface area contributed by atoms with Crippen molar-refractivity contribution in [1.82, 2.24) is 0 Å². The molecule has 2 aromatic carbocycles. The molecule has 1 heteroatoms. The molecule has 2 aliphatic rings. The van der Waals surface area contributed by atoms with Crippen molar-refractivity contribution in [2.24, 2.45) is 17.8 Å². The lowest BCUT2D eigenvalue weighted by molar-refractivity contribution is 0.155. The Bertz CT molecular complexity index is 789. The first-order valence-electron chi connectivity index (χ1n) is 14.0. The Labute approximate surface area is 202 Å². The van der Waals surface area contributed by atoms with Gasteiger partial charge in [-0.25, -0.2) is 0 Å². The predicted octanol–water partition coefficient (Wildman–Crippen LogP) is 9.92. The third-order valence-corrected chi connectivity index (χ3v) is 8.81. The number of unbranched alkanes of at least 4 members (excludes halogenated alkanes) is 2. The number of hydrogen-bond acceptors (Lipinski definition) is 0. The van der Waals surface area contributed by atoms with E-state index in [-0.39, 0.29) is 6.67 Å². The molecule has 2 aromatic rings. The second kappa shape index (κ2) is 12.7. The number of alkyl halides is 1. The van der Waals surface area contributed by atoms with Gasteiger partial charge < -0.3 is 0 Å². The highest BCUT2D eigenvalue weighted by molar-refractivity contribution is 5.64. The van der Waals surface area contributed by atoms with E-state index in [1.165, 1.54) is 99.3 Å². The van der Waals surface area contributed by atoms with Crippen LogP contribution in [-0.2, 0) is 6.42 Å². The first-order valence-corrected chi connectivity index (χ1v) is 14.0. The van der Waals surface area contributed by atoms with Crippen molar-refractivity contribution < 1.29 is 4.39 Å². The van der Waals surface area contributed by atoms with E-state index in [1.54, 1.807) is 0 Å². The normalized spacial score (nSPS) is 25.8. The van der Waals surface area contributed by atoms with Gasteiger partial charge in [-0.05, 0) is 97.3 Å². The van der Waals surface area contributed by atoms with Gasteiger partial charge in [0.1, 0.15) is 0 Å². The molecule has 0 spiro atoms. The third-order valence-electron chi connectivity index (χ3n) is 8.81. The molecule has 2 fully saturated rings. The molecule has 0 amide bonds. The van der Waals surface area contributed by atoms with Crippen LogP contribution in [0.15, 0.2) is 48.5 Å². The van der Waals surface area contributed by atoms with Gasteiger partial charge in [0, 0.05) is 0 Å². The minimum atomic E-state index is -0.231. The highest BCUT2D eigenvalue weighted by Crippen LogP contribution is 2.44. The fourth-order valence-electron chi connectivity index (χ4n) is 6.64. The van der Waals surface area contributed by atoms with Crippen molar-refractivity contribution in [3.63, 3.8) is 0 Å². The highest BCUT2D eigenvalue weighted by Gasteiger charge is 2.31. The maximum atomic E-state index is 12.4. The number of rotatable bonds is 10. The SMILES string of the molecule is CCCCC[C@H]1CC[C@H](C2CCC(c3ccc(-c4ccc(CCCF)cc4)cc3)CC2)CC1. The van der Waals surface area contributed by atoms with Crippen LogP contribution in [0.1, 0.15) is 107 Å². The van der Waals surface area contributed by atoms with E-state index in [0.29, 0.717) is 6.42 Å². The highest BCUT2D eigenvalue weighted by atomic mass is 19.1. The molecule has 0 bridgehead atoms. The van der Waals surface area contributed by atoms with E-state index in [9.17, 15) is 4.39 Å². The monoisotopic (exact) mass is 448 g/mol. The molecule has 0 unspecified atom stereocenters. The molecule has 2 aliphatic carbocycles. The number of hydrogen-bond donors (Lipinski definition) is 0. The lowest BCUT2D eigenvalue weighted by atomic mass is 9.68. The molecule has 0 radical (unpaired) electrons. The summed E-state index contributed by atoms with van der Waals surface area (Å²) in [7, 11) is 0.